The molecule has 2 fully saturated rings. The average molecular weight is 499 g/mol. The Balaban J connectivity index is 1.18. The number of morpholine rings is 1. The maximum absolute atomic E-state index is 13.1. The number of nitrogens with zero attached hydrogens (tertiary/aromatic N) is 4. The van der Waals surface area contributed by atoms with Gasteiger partial charge in [-0.3, -0.25) is 4.79 Å². The molecule has 0 radical (unpaired) electrons. The molecule has 0 saturated carbocycles. The van der Waals surface area contributed by atoms with E-state index in [-0.39, 0.29) is 18.1 Å². The summed E-state index contributed by atoms with van der Waals surface area (Å²) in [7, 11) is -3.56. The Bertz CT molecular complexity index is 1150. The molecule has 35 heavy (non-hydrogen) atoms. The molecule has 5 rings (SSSR count). The van der Waals surface area contributed by atoms with Crippen LogP contribution in [0.4, 0.5) is 5.69 Å². The summed E-state index contributed by atoms with van der Waals surface area (Å²) in [6.45, 7) is 7.73. The lowest BCUT2D eigenvalue weighted by molar-refractivity contribution is -0.0457. The largest absolute Gasteiger partial charge is 0.373 e. The highest BCUT2D eigenvalue weighted by Gasteiger charge is 2.37. The number of benzene rings is 2. The van der Waals surface area contributed by atoms with Gasteiger partial charge in [0.05, 0.1) is 12.2 Å². The second-order valence-electron chi connectivity index (χ2n) is 9.76. The minimum absolute atomic E-state index is 0.0498. The van der Waals surface area contributed by atoms with Crippen molar-refractivity contribution in [1.82, 2.24) is 13.5 Å². The summed E-state index contributed by atoms with van der Waals surface area (Å²) in [6.07, 6.45) is 0.768. The van der Waals surface area contributed by atoms with Crippen LogP contribution in [0, 0.1) is 0 Å². The van der Waals surface area contributed by atoms with Crippen molar-refractivity contribution in [2.45, 2.75) is 39.0 Å². The first-order chi connectivity index (χ1) is 16.8. The molecule has 0 bridgehead atoms. The molecule has 188 valence electrons. The van der Waals surface area contributed by atoms with Crippen molar-refractivity contribution in [2.24, 2.45) is 0 Å². The number of hydrogen-bond donors (Lipinski definition) is 0. The van der Waals surface area contributed by atoms with Crippen LogP contribution in [-0.2, 0) is 27.9 Å². The van der Waals surface area contributed by atoms with Gasteiger partial charge in [-0.1, -0.05) is 24.3 Å². The van der Waals surface area contributed by atoms with E-state index in [1.165, 1.54) is 19.7 Å². The fourth-order valence-corrected chi connectivity index (χ4v) is 7.07. The summed E-state index contributed by atoms with van der Waals surface area (Å²) in [5.41, 5.74) is 4.52. The summed E-state index contributed by atoms with van der Waals surface area (Å²) in [5.74, 6) is -0.0498. The molecule has 0 aliphatic carbocycles. The number of piperazine rings is 1. The molecule has 0 N–H and O–H groups in total. The highest BCUT2D eigenvalue weighted by atomic mass is 32.2. The highest BCUT2D eigenvalue weighted by Crippen LogP contribution is 2.25. The molecule has 3 aliphatic rings. The monoisotopic (exact) mass is 498 g/mol. The standard InChI is InChI=1S/C26H34N4O4S/c1-20-17-30(18-21(2)34-20)35(32,33)29-15-13-27(14-16-29)26(31)23-7-9-25(10-8-23)28-12-11-22-5-3-4-6-24(22)19-28/h3-10,20-21H,11-19H2,1-2H3. The van der Waals surface area contributed by atoms with Gasteiger partial charge in [-0.2, -0.15) is 17.0 Å². The fourth-order valence-electron chi connectivity index (χ4n) is 5.32. The second kappa shape index (κ2) is 9.89. The Morgan fingerprint density at radius 3 is 2.11 bits per heavy atom. The molecule has 2 aromatic rings. The first kappa shape index (κ1) is 24.2. The molecule has 2 aromatic carbocycles. The van der Waals surface area contributed by atoms with Gasteiger partial charge in [0.15, 0.2) is 0 Å². The van der Waals surface area contributed by atoms with Crippen molar-refractivity contribution in [3.05, 3.63) is 65.2 Å². The Morgan fingerprint density at radius 2 is 1.46 bits per heavy atom. The topological polar surface area (TPSA) is 73.4 Å². The number of carbonyl (C=O) groups is 1. The summed E-state index contributed by atoms with van der Waals surface area (Å²) >= 11 is 0. The van der Waals surface area contributed by atoms with Gasteiger partial charge in [-0.15, -0.1) is 0 Å². The lowest BCUT2D eigenvalue weighted by Crippen LogP contribution is -2.57. The predicted octanol–water partition coefficient (Wildman–Crippen LogP) is 2.36. The van der Waals surface area contributed by atoms with E-state index >= 15 is 0 Å². The van der Waals surface area contributed by atoms with Crippen LogP contribution in [0.2, 0.25) is 0 Å². The molecular weight excluding hydrogens is 464 g/mol. The van der Waals surface area contributed by atoms with Crippen molar-refractivity contribution in [2.75, 3.05) is 50.7 Å². The van der Waals surface area contributed by atoms with E-state index in [4.69, 9.17) is 4.74 Å². The van der Waals surface area contributed by atoms with Crippen molar-refractivity contribution < 1.29 is 17.9 Å². The number of hydrogen-bond acceptors (Lipinski definition) is 5. The highest BCUT2D eigenvalue weighted by molar-refractivity contribution is 7.86. The van der Waals surface area contributed by atoms with Crippen LogP contribution < -0.4 is 4.90 Å². The normalized spacial score (nSPS) is 24.3. The van der Waals surface area contributed by atoms with Crippen LogP contribution in [0.25, 0.3) is 0 Å². The van der Waals surface area contributed by atoms with Crippen molar-refractivity contribution in [3.8, 4) is 0 Å². The lowest BCUT2D eigenvalue weighted by Gasteiger charge is -2.40. The van der Waals surface area contributed by atoms with Crippen molar-refractivity contribution in [1.29, 1.82) is 0 Å². The van der Waals surface area contributed by atoms with Gasteiger partial charge in [0.1, 0.15) is 0 Å². The molecule has 3 heterocycles. The van der Waals surface area contributed by atoms with Crippen LogP contribution in [0.3, 0.4) is 0 Å². The number of fused-ring (bicyclic) bond motifs is 1. The number of anilines is 1. The van der Waals surface area contributed by atoms with Crippen molar-refractivity contribution in [3.63, 3.8) is 0 Å². The van der Waals surface area contributed by atoms with Crippen molar-refractivity contribution >= 4 is 21.8 Å². The van der Waals surface area contributed by atoms with Crippen LogP contribution in [-0.4, -0.2) is 85.9 Å². The van der Waals surface area contributed by atoms with Crippen LogP contribution in [0.15, 0.2) is 48.5 Å². The van der Waals surface area contributed by atoms with Crippen LogP contribution in [0.5, 0.6) is 0 Å². The van der Waals surface area contributed by atoms with E-state index in [0.29, 0.717) is 44.8 Å². The van der Waals surface area contributed by atoms with E-state index in [9.17, 15) is 13.2 Å². The second-order valence-corrected chi connectivity index (χ2v) is 11.7. The zero-order valence-corrected chi connectivity index (χ0v) is 21.3. The maximum Gasteiger partial charge on any atom is 0.282 e. The Labute approximate surface area is 208 Å². The molecule has 2 saturated heterocycles. The third-order valence-electron chi connectivity index (χ3n) is 7.17. The molecule has 0 spiro atoms. The summed E-state index contributed by atoms with van der Waals surface area (Å²) in [4.78, 5) is 17.2. The lowest BCUT2D eigenvalue weighted by atomic mass is 9.99. The van der Waals surface area contributed by atoms with Crippen LogP contribution >= 0.6 is 0 Å². The van der Waals surface area contributed by atoms with Gasteiger partial charge in [0.2, 0.25) is 0 Å². The van der Waals surface area contributed by atoms with Crippen LogP contribution in [0.1, 0.15) is 35.3 Å². The smallest absolute Gasteiger partial charge is 0.282 e. The zero-order valence-electron chi connectivity index (χ0n) is 20.5. The average Bonchev–Trinajstić information content (AvgIpc) is 2.87. The maximum atomic E-state index is 13.1. The molecule has 1 amide bonds. The number of ether oxygens (including phenoxy) is 1. The minimum Gasteiger partial charge on any atom is -0.373 e. The SMILES string of the molecule is CC1CN(S(=O)(=O)N2CCN(C(=O)c3ccc(N4CCc5ccccc5C4)cc3)CC2)CC(C)O1. The van der Waals surface area contributed by atoms with E-state index in [1.54, 1.807) is 4.90 Å². The predicted molar refractivity (Wildman–Crippen MR) is 136 cm³/mol. The van der Waals surface area contributed by atoms with Gasteiger partial charge in [-0.25, -0.2) is 0 Å². The van der Waals surface area contributed by atoms with Gasteiger partial charge >= 0.3 is 0 Å². The van der Waals surface area contributed by atoms with E-state index < -0.39 is 10.2 Å². The van der Waals surface area contributed by atoms with Gasteiger partial charge < -0.3 is 14.5 Å². The Morgan fingerprint density at radius 1 is 0.829 bits per heavy atom. The Hall–Kier alpha value is -2.46. The third-order valence-corrected chi connectivity index (χ3v) is 9.14. The fraction of sp³-hybridized carbons (Fsp3) is 0.500. The van der Waals surface area contributed by atoms with E-state index in [1.807, 2.05) is 38.1 Å². The summed E-state index contributed by atoms with van der Waals surface area (Å²) < 4.78 is 35.0. The molecule has 3 aliphatic heterocycles. The third kappa shape index (κ3) is 5.09. The molecule has 0 aromatic heterocycles. The zero-order chi connectivity index (χ0) is 24.6. The molecule has 8 nitrogen and oxygen atoms in total. The number of amides is 1. The summed E-state index contributed by atoms with van der Waals surface area (Å²) in [6, 6.07) is 16.4. The minimum atomic E-state index is -3.56. The van der Waals surface area contributed by atoms with Gasteiger partial charge in [0.25, 0.3) is 16.1 Å². The quantitative estimate of drug-likeness (QED) is 0.647. The first-order valence-corrected chi connectivity index (χ1v) is 13.8. The molecular formula is C26H34N4O4S. The van der Waals surface area contributed by atoms with E-state index in [2.05, 4.69) is 29.2 Å². The molecule has 2 unspecified atom stereocenters. The Kier molecular flexibility index (Phi) is 6.85. The number of rotatable bonds is 4. The number of carbonyl (C=O) groups excluding carboxylic acids is 1. The van der Waals surface area contributed by atoms with Gasteiger partial charge in [-0.05, 0) is 55.7 Å². The summed E-state index contributed by atoms with van der Waals surface area (Å²) in [5, 5.41) is 0. The van der Waals surface area contributed by atoms with Gasteiger partial charge in [0, 0.05) is 63.6 Å². The van der Waals surface area contributed by atoms with E-state index in [0.717, 1.165) is 25.2 Å². The molecule has 9 heteroatoms. The first-order valence-electron chi connectivity index (χ1n) is 12.4. The molecule has 2 atom stereocenters.